The number of carbonyl (C=O) groups is 1. The fraction of sp³-hybridized carbons (Fsp3) is 0.143. The molecule has 11 heteroatoms. The Balaban J connectivity index is 2.50. The molecular weight excluding hydrogens is 372 g/mol. The average molecular weight is 384 g/mol. The van der Waals surface area contributed by atoms with Gasteiger partial charge in [0, 0.05) is 16.5 Å². The van der Waals surface area contributed by atoms with E-state index in [0.29, 0.717) is 5.71 Å². The smallest absolute Gasteiger partial charge is 0.282 e. The van der Waals surface area contributed by atoms with Crippen molar-refractivity contribution in [2.45, 2.75) is 23.1 Å². The first-order valence-electron chi connectivity index (χ1n) is 6.88. The monoisotopic (exact) mass is 384 g/mol. The number of fused-ring (bicyclic) bond motifs is 1. The fourth-order valence-electron chi connectivity index (χ4n) is 2.69. The lowest BCUT2D eigenvalue weighted by Crippen LogP contribution is -2.20. The van der Waals surface area contributed by atoms with Gasteiger partial charge in [-0.1, -0.05) is 12.1 Å². The predicted octanol–water partition coefficient (Wildman–Crippen LogP) is 1.45. The van der Waals surface area contributed by atoms with E-state index in [2.05, 4.69) is 5.10 Å². The Morgan fingerprint density at radius 1 is 1.00 bits per heavy atom. The maximum absolute atomic E-state index is 12.1. The first-order valence-corrected chi connectivity index (χ1v) is 9.76. The summed E-state index contributed by atoms with van der Waals surface area (Å²) in [4.78, 5) is 11.0. The van der Waals surface area contributed by atoms with Crippen molar-refractivity contribution in [3.8, 4) is 0 Å². The molecule has 25 heavy (non-hydrogen) atoms. The van der Waals surface area contributed by atoms with Crippen LogP contribution in [0.3, 0.4) is 0 Å². The highest BCUT2D eigenvalue weighted by atomic mass is 32.2. The minimum Gasteiger partial charge on any atom is -0.282 e. The van der Waals surface area contributed by atoms with Gasteiger partial charge in [0.2, 0.25) is 0 Å². The van der Waals surface area contributed by atoms with Crippen LogP contribution in [0, 0.1) is 0 Å². The zero-order valence-electron chi connectivity index (χ0n) is 12.7. The maximum Gasteiger partial charge on any atom is 0.295 e. The lowest BCUT2D eigenvalue weighted by molar-refractivity contribution is -0.116. The van der Waals surface area contributed by atoms with Crippen LogP contribution in [0.2, 0.25) is 0 Å². The molecule has 0 aliphatic carbocycles. The molecule has 1 heterocycles. The molecule has 3 rings (SSSR count). The van der Waals surface area contributed by atoms with Crippen molar-refractivity contribution in [2.75, 3.05) is 5.01 Å². The molecule has 2 N–H and O–H groups in total. The van der Waals surface area contributed by atoms with E-state index in [9.17, 15) is 30.7 Å². The molecule has 1 amide bonds. The third-order valence-electron chi connectivity index (χ3n) is 3.64. The van der Waals surface area contributed by atoms with E-state index in [1.54, 1.807) is 6.92 Å². The van der Waals surface area contributed by atoms with Crippen molar-refractivity contribution in [3.63, 3.8) is 0 Å². The molecular formula is C14H12N2O7S2. The quantitative estimate of drug-likeness (QED) is 0.763. The molecule has 0 unspecified atom stereocenters. The molecule has 0 radical (unpaired) electrons. The van der Waals surface area contributed by atoms with Crippen LogP contribution in [0.25, 0.3) is 10.8 Å². The average Bonchev–Trinajstić information content (AvgIpc) is 2.82. The molecule has 2 aromatic carbocycles. The molecule has 2 aromatic rings. The fourth-order valence-corrected chi connectivity index (χ4v) is 4.10. The standard InChI is InChI=1S/C14H12N2O7S2/c1-8-7-13(17)16(15-8)10-5-6-11(24(18,19)20)9-3-2-4-12(14(9)10)25(21,22)23/h2-6H,7H2,1H3,(H,18,19,20)(H,21,22,23). The second-order valence-electron chi connectivity index (χ2n) is 5.43. The number of rotatable bonds is 3. The summed E-state index contributed by atoms with van der Waals surface area (Å²) in [7, 11) is -9.41. The Kier molecular flexibility index (Phi) is 3.91. The molecule has 0 saturated heterocycles. The van der Waals surface area contributed by atoms with Crippen LogP contribution in [0.4, 0.5) is 5.69 Å². The van der Waals surface area contributed by atoms with Gasteiger partial charge in [-0.2, -0.15) is 26.9 Å². The van der Waals surface area contributed by atoms with Gasteiger partial charge < -0.3 is 0 Å². The highest BCUT2D eigenvalue weighted by Gasteiger charge is 2.29. The lowest BCUT2D eigenvalue weighted by atomic mass is 10.1. The number of benzene rings is 2. The van der Waals surface area contributed by atoms with E-state index in [0.717, 1.165) is 23.2 Å². The van der Waals surface area contributed by atoms with Crippen molar-refractivity contribution in [2.24, 2.45) is 5.10 Å². The molecule has 132 valence electrons. The van der Waals surface area contributed by atoms with E-state index in [-0.39, 0.29) is 22.9 Å². The van der Waals surface area contributed by atoms with E-state index >= 15 is 0 Å². The lowest BCUT2D eigenvalue weighted by Gasteiger charge is -2.17. The second kappa shape index (κ2) is 5.59. The largest absolute Gasteiger partial charge is 0.295 e. The number of nitrogens with zero attached hydrogens (tertiary/aromatic N) is 2. The number of hydrazone groups is 1. The molecule has 1 aliphatic rings. The Hall–Kier alpha value is -2.34. The molecule has 0 aromatic heterocycles. The molecule has 1 aliphatic heterocycles. The first kappa shape index (κ1) is 17.5. The maximum atomic E-state index is 12.1. The van der Waals surface area contributed by atoms with E-state index in [4.69, 9.17) is 0 Å². The Morgan fingerprint density at radius 3 is 2.16 bits per heavy atom. The van der Waals surface area contributed by atoms with Gasteiger partial charge in [0.15, 0.2) is 0 Å². The molecule has 0 atom stereocenters. The number of carbonyl (C=O) groups excluding carboxylic acids is 1. The topological polar surface area (TPSA) is 141 Å². The van der Waals surface area contributed by atoms with Crippen molar-refractivity contribution in [3.05, 3.63) is 30.3 Å². The summed E-state index contributed by atoms with van der Waals surface area (Å²) in [6, 6.07) is 5.72. The molecule has 0 bridgehead atoms. The number of amides is 1. The Morgan fingerprint density at radius 2 is 1.64 bits per heavy atom. The third kappa shape index (κ3) is 3.02. The van der Waals surface area contributed by atoms with E-state index in [1.165, 1.54) is 12.1 Å². The van der Waals surface area contributed by atoms with Crippen molar-refractivity contribution < 1.29 is 30.7 Å². The molecule has 0 fully saturated rings. The highest BCUT2D eigenvalue weighted by molar-refractivity contribution is 7.86. The van der Waals surface area contributed by atoms with Gasteiger partial charge in [0.05, 0.1) is 12.1 Å². The van der Waals surface area contributed by atoms with Crippen LogP contribution >= 0.6 is 0 Å². The van der Waals surface area contributed by atoms with Crippen molar-refractivity contribution >= 4 is 48.3 Å². The van der Waals surface area contributed by atoms with Gasteiger partial charge in [-0.05, 0) is 25.1 Å². The van der Waals surface area contributed by atoms with Crippen LogP contribution in [0.15, 0.2) is 45.2 Å². The first-order chi connectivity index (χ1) is 11.5. The number of hydrogen-bond donors (Lipinski definition) is 2. The highest BCUT2D eigenvalue weighted by Crippen LogP contribution is 2.37. The predicted molar refractivity (Wildman–Crippen MR) is 88.8 cm³/mol. The second-order valence-corrected chi connectivity index (χ2v) is 8.21. The zero-order chi connectivity index (χ0) is 18.6. The summed E-state index contributed by atoms with van der Waals surface area (Å²) >= 11 is 0. The summed E-state index contributed by atoms with van der Waals surface area (Å²) in [5.41, 5.74) is 0.471. The molecule has 9 nitrogen and oxygen atoms in total. The van der Waals surface area contributed by atoms with Crippen LogP contribution in [0.1, 0.15) is 13.3 Å². The SMILES string of the molecule is CC1=NN(c2ccc(S(=O)(=O)O)c3cccc(S(=O)(=O)O)c23)C(=O)C1. The van der Waals surface area contributed by atoms with Crippen molar-refractivity contribution in [1.82, 2.24) is 0 Å². The Bertz CT molecular complexity index is 1150. The van der Waals surface area contributed by atoms with Gasteiger partial charge in [-0.15, -0.1) is 0 Å². The zero-order valence-corrected chi connectivity index (χ0v) is 14.4. The molecule has 0 saturated carbocycles. The summed E-state index contributed by atoms with van der Waals surface area (Å²) < 4.78 is 65.5. The van der Waals surface area contributed by atoms with Crippen LogP contribution in [-0.4, -0.2) is 37.6 Å². The summed E-state index contributed by atoms with van der Waals surface area (Å²) in [6.45, 7) is 1.61. The van der Waals surface area contributed by atoms with Gasteiger partial charge >= 0.3 is 0 Å². The summed E-state index contributed by atoms with van der Waals surface area (Å²) in [5, 5.41) is 4.57. The van der Waals surface area contributed by atoms with Gasteiger partial charge in [-0.25, -0.2) is 0 Å². The van der Waals surface area contributed by atoms with Crippen LogP contribution in [0.5, 0.6) is 0 Å². The number of anilines is 1. The Labute approximate surface area is 143 Å². The normalized spacial score (nSPS) is 15.7. The van der Waals surface area contributed by atoms with Gasteiger partial charge in [0.25, 0.3) is 26.1 Å². The van der Waals surface area contributed by atoms with E-state index < -0.39 is 35.9 Å². The van der Waals surface area contributed by atoms with Crippen LogP contribution < -0.4 is 5.01 Å². The number of hydrogen-bond acceptors (Lipinski definition) is 6. The molecule has 0 spiro atoms. The van der Waals surface area contributed by atoms with Gasteiger partial charge in [0.1, 0.15) is 9.79 Å². The van der Waals surface area contributed by atoms with Crippen molar-refractivity contribution in [1.29, 1.82) is 0 Å². The van der Waals surface area contributed by atoms with Gasteiger partial charge in [-0.3, -0.25) is 13.9 Å². The summed E-state index contributed by atoms with van der Waals surface area (Å²) in [6.07, 6.45) is 0.0234. The third-order valence-corrected chi connectivity index (χ3v) is 5.45. The van der Waals surface area contributed by atoms with E-state index in [1.807, 2.05) is 0 Å². The minimum absolute atomic E-state index is 0.0162. The minimum atomic E-state index is -4.74. The summed E-state index contributed by atoms with van der Waals surface area (Å²) in [5.74, 6) is -0.441. The van der Waals surface area contributed by atoms with Crippen LogP contribution in [-0.2, 0) is 25.0 Å².